The molecule has 1 aliphatic heterocycles. The van der Waals surface area contributed by atoms with E-state index in [1.54, 1.807) is 13.0 Å². The Morgan fingerprint density at radius 2 is 1.02 bits per heavy atom. The van der Waals surface area contributed by atoms with Gasteiger partial charge >= 0.3 is 0 Å². The van der Waals surface area contributed by atoms with Gasteiger partial charge in [0.05, 0.1) is 0 Å². The summed E-state index contributed by atoms with van der Waals surface area (Å²) in [6.07, 6.45) is 5.29. The van der Waals surface area contributed by atoms with Crippen LogP contribution in [-0.2, 0) is 33.6 Å². The van der Waals surface area contributed by atoms with Gasteiger partial charge in [0.1, 0.15) is 36.3 Å². The lowest BCUT2D eigenvalue weighted by molar-refractivity contribution is -0.137. The molecule has 7 amide bonds. The maximum atomic E-state index is 14.2. The summed E-state index contributed by atoms with van der Waals surface area (Å²) in [7, 11) is 2.46. The highest BCUT2D eigenvalue weighted by Gasteiger charge is 2.38. The molecule has 1 aromatic rings. The third-order valence-corrected chi connectivity index (χ3v) is 14.1. The predicted octanol–water partition coefficient (Wildman–Crippen LogP) is 4.55. The zero-order valence-corrected chi connectivity index (χ0v) is 39.0. The fourth-order valence-corrected chi connectivity index (χ4v) is 8.47. The summed E-state index contributed by atoms with van der Waals surface area (Å²) in [5.74, 6) is -5.41. The molecule has 0 bridgehead atoms. The average Bonchev–Trinajstić information content (AvgIpc) is 3.24. The Labute approximate surface area is 365 Å². The Bertz CT molecular complexity index is 1610. The van der Waals surface area contributed by atoms with Gasteiger partial charge in [0.25, 0.3) is 0 Å². The van der Waals surface area contributed by atoms with Crippen molar-refractivity contribution < 1.29 is 33.6 Å². The van der Waals surface area contributed by atoms with Crippen LogP contribution in [0.15, 0.2) is 36.5 Å². The molecule has 0 aromatic heterocycles. The van der Waals surface area contributed by atoms with Crippen LogP contribution in [0.2, 0.25) is 0 Å². The maximum Gasteiger partial charge on any atom is 0.247 e. The minimum absolute atomic E-state index is 0.00683. The van der Waals surface area contributed by atoms with Gasteiger partial charge in [-0.3, -0.25) is 33.6 Å². The van der Waals surface area contributed by atoms with E-state index in [0.717, 1.165) is 5.56 Å². The summed E-state index contributed by atoms with van der Waals surface area (Å²) in [5, 5.41) is 20.0. The van der Waals surface area contributed by atoms with Gasteiger partial charge in [-0.15, -0.1) is 0 Å². The van der Waals surface area contributed by atoms with Gasteiger partial charge < -0.3 is 37.2 Å². The molecule has 336 valence electrons. The molecule has 0 aliphatic carbocycles. The van der Waals surface area contributed by atoms with Crippen molar-refractivity contribution in [2.45, 2.75) is 138 Å². The minimum Gasteiger partial charge on any atom is -0.343 e. The second-order valence-corrected chi connectivity index (χ2v) is 19.0. The van der Waals surface area contributed by atoms with Crippen LogP contribution in [-0.4, -0.2) is 89.1 Å². The first kappa shape index (κ1) is 52.1. The second-order valence-electron chi connectivity index (χ2n) is 16.5. The zero-order chi connectivity index (χ0) is 45.1. The number of carbonyl (C=O) groups excluding carboxylic acids is 7. The molecule has 16 heteroatoms. The highest BCUT2D eigenvalue weighted by Crippen LogP contribution is 2.25. The Kier molecular flexibility index (Phi) is 22.9. The summed E-state index contributed by atoms with van der Waals surface area (Å²) in [6, 6.07) is 3.00. The van der Waals surface area contributed by atoms with Crippen LogP contribution in [0.25, 0.3) is 6.08 Å². The van der Waals surface area contributed by atoms with Crippen LogP contribution in [0.1, 0.15) is 107 Å². The van der Waals surface area contributed by atoms with E-state index in [0.29, 0.717) is 25.7 Å². The molecule has 11 atom stereocenters. The largest absolute Gasteiger partial charge is 0.343 e. The molecule has 0 spiro atoms. The molecular formula is C44H71N7O7S2. The number of benzene rings is 1. The maximum absolute atomic E-state index is 14.2. The molecule has 1 aromatic carbocycles. The van der Waals surface area contributed by atoms with Gasteiger partial charge in [0.15, 0.2) is 0 Å². The van der Waals surface area contributed by atoms with Crippen molar-refractivity contribution in [3.63, 3.8) is 0 Å². The van der Waals surface area contributed by atoms with Crippen LogP contribution < -0.4 is 37.2 Å². The van der Waals surface area contributed by atoms with E-state index in [4.69, 9.17) is 0 Å². The highest BCUT2D eigenvalue weighted by atomic mass is 33.1. The van der Waals surface area contributed by atoms with E-state index < -0.39 is 77.6 Å². The summed E-state index contributed by atoms with van der Waals surface area (Å²) in [4.78, 5) is 97.8. The molecule has 1 heterocycles. The van der Waals surface area contributed by atoms with E-state index in [9.17, 15) is 33.6 Å². The number of amides is 7. The van der Waals surface area contributed by atoms with E-state index in [-0.39, 0.29) is 47.0 Å². The molecule has 0 radical (unpaired) electrons. The van der Waals surface area contributed by atoms with Crippen molar-refractivity contribution in [2.75, 3.05) is 11.5 Å². The van der Waals surface area contributed by atoms with Gasteiger partial charge in [0.2, 0.25) is 41.4 Å². The topological polar surface area (TPSA) is 204 Å². The van der Waals surface area contributed by atoms with E-state index in [2.05, 4.69) is 37.2 Å². The molecule has 14 nitrogen and oxygen atoms in total. The van der Waals surface area contributed by atoms with Crippen LogP contribution >= 0.6 is 21.6 Å². The molecule has 1 aliphatic rings. The average molecular weight is 874 g/mol. The van der Waals surface area contributed by atoms with Gasteiger partial charge in [0, 0.05) is 23.6 Å². The molecule has 0 saturated carbocycles. The lowest BCUT2D eigenvalue weighted by atomic mass is 9.92. The van der Waals surface area contributed by atoms with Crippen molar-refractivity contribution in [3.8, 4) is 0 Å². The van der Waals surface area contributed by atoms with Gasteiger partial charge in [-0.05, 0) is 41.2 Å². The molecule has 2 rings (SSSR count). The predicted molar refractivity (Wildman–Crippen MR) is 242 cm³/mol. The van der Waals surface area contributed by atoms with Crippen molar-refractivity contribution in [1.82, 2.24) is 37.2 Å². The summed E-state index contributed by atoms with van der Waals surface area (Å²) < 4.78 is 0. The van der Waals surface area contributed by atoms with Crippen LogP contribution in [0.4, 0.5) is 0 Å². The molecule has 1 saturated heterocycles. The first-order valence-electron chi connectivity index (χ1n) is 21.5. The SMILES string of the molecule is CC[C@H](C)[C@@H]1NC(=O)[C@@H](NC(=O)[C@@H](C)C(C)C)CSSC[C@@H](C(=O)N/C=C/c2ccccc2)NC(=O)[C@H]([C@@H](C)CC)NC(=O)[C@H]([C@@H](C)CC)NC(=O)[C@H]([C@@H](C)CC)NC1=O. The van der Waals surface area contributed by atoms with E-state index in [1.165, 1.54) is 27.8 Å². The molecule has 60 heavy (non-hydrogen) atoms. The van der Waals surface area contributed by atoms with Crippen molar-refractivity contribution >= 4 is 69.0 Å². The van der Waals surface area contributed by atoms with Gasteiger partial charge in [-0.1, -0.05) is 154 Å². The first-order chi connectivity index (χ1) is 28.4. The quantitative estimate of drug-likeness (QED) is 0.131. The number of carbonyl (C=O) groups is 7. The molecule has 0 unspecified atom stereocenters. The number of nitrogens with one attached hydrogen (secondary N) is 7. The first-order valence-corrected chi connectivity index (χ1v) is 24.0. The van der Waals surface area contributed by atoms with Crippen LogP contribution in [0.3, 0.4) is 0 Å². The molecule has 1 fully saturated rings. The van der Waals surface area contributed by atoms with Crippen LogP contribution in [0, 0.1) is 35.5 Å². The smallest absolute Gasteiger partial charge is 0.247 e. The van der Waals surface area contributed by atoms with Crippen molar-refractivity contribution in [2.24, 2.45) is 35.5 Å². The van der Waals surface area contributed by atoms with Gasteiger partial charge in [-0.25, -0.2) is 0 Å². The lowest BCUT2D eigenvalue weighted by Crippen LogP contribution is -2.63. The third kappa shape index (κ3) is 16.1. The fraction of sp³-hybridized carbons (Fsp3) is 0.659. The normalized spacial score (nSPS) is 25.6. The Morgan fingerprint density at radius 1 is 0.617 bits per heavy atom. The van der Waals surface area contributed by atoms with Crippen molar-refractivity contribution in [3.05, 3.63) is 42.1 Å². The second kappa shape index (κ2) is 26.3. The fourth-order valence-electron chi connectivity index (χ4n) is 6.14. The highest BCUT2D eigenvalue weighted by molar-refractivity contribution is 8.76. The Morgan fingerprint density at radius 3 is 1.43 bits per heavy atom. The zero-order valence-electron chi connectivity index (χ0n) is 37.4. The number of hydrogen-bond acceptors (Lipinski definition) is 9. The Balaban J connectivity index is 2.68. The van der Waals surface area contributed by atoms with Gasteiger partial charge in [-0.2, -0.15) is 0 Å². The third-order valence-electron chi connectivity index (χ3n) is 11.7. The summed E-state index contributed by atoms with van der Waals surface area (Å²) in [6.45, 7) is 20.4. The van der Waals surface area contributed by atoms with Crippen LogP contribution in [0.5, 0.6) is 0 Å². The number of rotatable bonds is 14. The molecule has 7 N–H and O–H groups in total. The van der Waals surface area contributed by atoms with E-state index in [1.807, 2.05) is 99.6 Å². The lowest BCUT2D eigenvalue weighted by Gasteiger charge is -2.33. The minimum atomic E-state index is -1.08. The van der Waals surface area contributed by atoms with E-state index >= 15 is 0 Å². The monoisotopic (exact) mass is 873 g/mol. The summed E-state index contributed by atoms with van der Waals surface area (Å²) >= 11 is 0. The summed E-state index contributed by atoms with van der Waals surface area (Å²) in [5.41, 5.74) is 0.854. The Hall–Kier alpha value is -4.05. The molecular weight excluding hydrogens is 803 g/mol. The standard InChI is InChI=1S/C44H71N7O7S2/c1-12-26(7)34-41(55)47-32(39(53)45-22-21-31-19-17-16-18-20-31)23-59-60-24-33(46-38(52)30(11)25(5)6)40(54)48-35(27(8)13-2)42(56)50-37(29(10)15-4)44(58)51-36(28(9)14-3)43(57)49-34/h16-22,25-30,32-37H,12-15,23-24H2,1-11H3,(H,45,53)(H,46,52)(H,47,55)(H,48,54)(H,49,57)(H,50,56)(H,51,58)/b22-21+/t26-,27-,28-,29-,30-,32-,33-,34-,35-,36-,37-/m0/s1. The van der Waals surface area contributed by atoms with Crippen molar-refractivity contribution in [1.29, 1.82) is 0 Å². The number of hydrogen-bond donors (Lipinski definition) is 7.